The summed E-state index contributed by atoms with van der Waals surface area (Å²) in [5, 5.41) is 4.86. The minimum Gasteiger partial charge on any atom is -0.354 e. The summed E-state index contributed by atoms with van der Waals surface area (Å²) >= 11 is 0. The van der Waals surface area contributed by atoms with Crippen molar-refractivity contribution in [2.45, 2.75) is 13.8 Å². The monoisotopic (exact) mass is 264 g/mol. The standard InChI is InChI=1S/C15H12N4O/c1-8-6-9(2)13-12(7-8)17-14-10(15(13)20)4-3-5-11(14)18-19-16/h3-7H,1-2H3,(H,17,20). The number of hydrogen-bond donors (Lipinski definition) is 1. The SMILES string of the molecule is Cc1cc(C)c2c(=O)c3cccc(N=[N+]=[N-])c3[nH]c2c1. The zero-order chi connectivity index (χ0) is 14.3. The lowest BCUT2D eigenvalue weighted by molar-refractivity contribution is 1.37. The first kappa shape index (κ1) is 12.3. The highest BCUT2D eigenvalue weighted by atomic mass is 16.1. The number of aromatic nitrogens is 1. The maximum atomic E-state index is 12.6. The van der Waals surface area contributed by atoms with Crippen LogP contribution in [0.2, 0.25) is 0 Å². The minimum atomic E-state index is -0.0405. The number of rotatable bonds is 1. The Labute approximate surface area is 114 Å². The van der Waals surface area contributed by atoms with Gasteiger partial charge in [0.15, 0.2) is 5.43 Å². The van der Waals surface area contributed by atoms with Crippen molar-refractivity contribution in [1.82, 2.24) is 4.98 Å². The Morgan fingerprint density at radius 1 is 1.25 bits per heavy atom. The number of aryl methyl sites for hydroxylation is 2. The summed E-state index contributed by atoms with van der Waals surface area (Å²) in [7, 11) is 0. The molecule has 0 saturated carbocycles. The molecular weight excluding hydrogens is 252 g/mol. The second-order valence-corrected chi connectivity index (χ2v) is 4.85. The second-order valence-electron chi connectivity index (χ2n) is 4.85. The lowest BCUT2D eigenvalue weighted by atomic mass is 10.0. The van der Waals surface area contributed by atoms with Crippen LogP contribution in [0.3, 0.4) is 0 Å². The molecule has 0 atom stereocenters. The zero-order valence-electron chi connectivity index (χ0n) is 11.1. The van der Waals surface area contributed by atoms with Gasteiger partial charge in [-0.2, -0.15) is 0 Å². The Morgan fingerprint density at radius 3 is 2.80 bits per heavy atom. The van der Waals surface area contributed by atoms with E-state index in [0.717, 1.165) is 16.6 Å². The molecule has 0 aliphatic heterocycles. The zero-order valence-corrected chi connectivity index (χ0v) is 11.1. The molecule has 0 aliphatic rings. The van der Waals surface area contributed by atoms with Gasteiger partial charge in [0, 0.05) is 15.7 Å². The fraction of sp³-hybridized carbons (Fsp3) is 0.133. The first-order valence-electron chi connectivity index (χ1n) is 6.23. The van der Waals surface area contributed by atoms with Crippen LogP contribution in [0.15, 0.2) is 40.2 Å². The number of hydrogen-bond acceptors (Lipinski definition) is 2. The molecule has 98 valence electrons. The third kappa shape index (κ3) is 1.73. The maximum Gasteiger partial charge on any atom is 0.197 e. The van der Waals surface area contributed by atoms with Crippen molar-refractivity contribution in [3.05, 3.63) is 62.1 Å². The van der Waals surface area contributed by atoms with Gasteiger partial charge in [-0.05, 0) is 42.6 Å². The Kier molecular flexibility index (Phi) is 2.70. The van der Waals surface area contributed by atoms with E-state index >= 15 is 0 Å². The molecular formula is C15H12N4O. The maximum absolute atomic E-state index is 12.6. The fourth-order valence-corrected chi connectivity index (χ4v) is 2.63. The summed E-state index contributed by atoms with van der Waals surface area (Å²) in [6.45, 7) is 3.90. The molecule has 1 N–H and O–H groups in total. The number of H-pyrrole nitrogens is 1. The number of nitrogens with one attached hydrogen (secondary N) is 1. The number of para-hydroxylation sites is 1. The van der Waals surface area contributed by atoms with Crippen molar-refractivity contribution in [2.24, 2.45) is 5.11 Å². The molecule has 3 rings (SSSR count). The van der Waals surface area contributed by atoms with Crippen LogP contribution in [-0.2, 0) is 0 Å². The molecule has 2 aromatic carbocycles. The Morgan fingerprint density at radius 2 is 2.05 bits per heavy atom. The lowest BCUT2D eigenvalue weighted by Crippen LogP contribution is -2.06. The molecule has 0 unspecified atom stereocenters. The molecule has 20 heavy (non-hydrogen) atoms. The Hall–Kier alpha value is -2.78. The van der Waals surface area contributed by atoms with Gasteiger partial charge in [0.1, 0.15) is 0 Å². The van der Waals surface area contributed by atoms with Gasteiger partial charge in [0.2, 0.25) is 0 Å². The van der Waals surface area contributed by atoms with E-state index in [1.165, 1.54) is 0 Å². The molecule has 0 saturated heterocycles. The van der Waals surface area contributed by atoms with E-state index in [1.54, 1.807) is 18.2 Å². The number of fused-ring (bicyclic) bond motifs is 2. The fourth-order valence-electron chi connectivity index (χ4n) is 2.63. The number of benzene rings is 2. The summed E-state index contributed by atoms with van der Waals surface area (Å²) in [6, 6.07) is 9.06. The van der Waals surface area contributed by atoms with Crippen LogP contribution in [-0.4, -0.2) is 4.98 Å². The number of pyridine rings is 1. The van der Waals surface area contributed by atoms with E-state index in [0.29, 0.717) is 22.0 Å². The number of aromatic amines is 1. The predicted molar refractivity (Wildman–Crippen MR) is 80.4 cm³/mol. The van der Waals surface area contributed by atoms with Crippen LogP contribution in [0.25, 0.3) is 32.2 Å². The highest BCUT2D eigenvalue weighted by Crippen LogP contribution is 2.26. The molecule has 0 bridgehead atoms. The van der Waals surface area contributed by atoms with E-state index in [1.807, 2.05) is 26.0 Å². The van der Waals surface area contributed by atoms with Gasteiger partial charge in [0.25, 0.3) is 0 Å². The summed E-state index contributed by atoms with van der Waals surface area (Å²) < 4.78 is 0. The van der Waals surface area contributed by atoms with Crippen molar-refractivity contribution in [3.8, 4) is 0 Å². The van der Waals surface area contributed by atoms with Crippen molar-refractivity contribution in [2.75, 3.05) is 0 Å². The molecule has 0 radical (unpaired) electrons. The highest BCUT2D eigenvalue weighted by molar-refractivity contribution is 5.98. The highest BCUT2D eigenvalue weighted by Gasteiger charge is 2.10. The molecule has 1 heterocycles. The topological polar surface area (TPSA) is 81.6 Å². The lowest BCUT2D eigenvalue weighted by Gasteiger charge is -2.08. The normalized spacial score (nSPS) is 10.7. The van der Waals surface area contributed by atoms with Crippen LogP contribution >= 0.6 is 0 Å². The Balaban J connectivity index is 2.61. The summed E-state index contributed by atoms with van der Waals surface area (Å²) in [5.74, 6) is 0. The minimum absolute atomic E-state index is 0.0405. The average Bonchev–Trinajstić information content (AvgIpc) is 2.39. The summed E-state index contributed by atoms with van der Waals surface area (Å²) in [5.41, 5.74) is 12.4. The van der Waals surface area contributed by atoms with Crippen LogP contribution in [0.5, 0.6) is 0 Å². The van der Waals surface area contributed by atoms with Gasteiger partial charge in [0.05, 0.1) is 16.7 Å². The van der Waals surface area contributed by atoms with E-state index < -0.39 is 0 Å². The van der Waals surface area contributed by atoms with E-state index in [-0.39, 0.29) is 5.43 Å². The third-order valence-corrected chi connectivity index (χ3v) is 3.41. The number of azide groups is 1. The van der Waals surface area contributed by atoms with Gasteiger partial charge in [-0.1, -0.05) is 23.3 Å². The molecule has 3 aromatic rings. The third-order valence-electron chi connectivity index (χ3n) is 3.41. The quantitative estimate of drug-likeness (QED) is 0.303. The molecule has 0 aliphatic carbocycles. The van der Waals surface area contributed by atoms with Gasteiger partial charge < -0.3 is 4.98 Å². The second kappa shape index (κ2) is 4.40. The van der Waals surface area contributed by atoms with Crippen LogP contribution in [0, 0.1) is 13.8 Å². The van der Waals surface area contributed by atoms with Crippen molar-refractivity contribution in [3.63, 3.8) is 0 Å². The molecule has 0 fully saturated rings. The van der Waals surface area contributed by atoms with Gasteiger partial charge in [-0.25, -0.2) is 0 Å². The van der Waals surface area contributed by atoms with Crippen molar-refractivity contribution >= 4 is 27.5 Å². The number of nitrogens with zero attached hydrogens (tertiary/aromatic N) is 3. The molecule has 5 nitrogen and oxygen atoms in total. The van der Waals surface area contributed by atoms with E-state index in [2.05, 4.69) is 15.0 Å². The molecule has 5 heteroatoms. The summed E-state index contributed by atoms with van der Waals surface area (Å²) in [4.78, 5) is 18.6. The molecule has 1 aromatic heterocycles. The largest absolute Gasteiger partial charge is 0.354 e. The average molecular weight is 264 g/mol. The predicted octanol–water partition coefficient (Wildman–Crippen LogP) is 4.24. The molecule has 0 amide bonds. The van der Waals surface area contributed by atoms with Crippen LogP contribution < -0.4 is 5.43 Å². The molecule has 0 spiro atoms. The Bertz CT molecular complexity index is 949. The van der Waals surface area contributed by atoms with Gasteiger partial charge in [-0.15, -0.1) is 0 Å². The van der Waals surface area contributed by atoms with Crippen molar-refractivity contribution < 1.29 is 0 Å². The van der Waals surface area contributed by atoms with E-state index in [9.17, 15) is 4.79 Å². The van der Waals surface area contributed by atoms with E-state index in [4.69, 9.17) is 5.53 Å². The summed E-state index contributed by atoms with van der Waals surface area (Å²) in [6.07, 6.45) is 0. The smallest absolute Gasteiger partial charge is 0.197 e. The van der Waals surface area contributed by atoms with Crippen LogP contribution in [0.1, 0.15) is 11.1 Å². The first-order valence-corrected chi connectivity index (χ1v) is 6.23. The van der Waals surface area contributed by atoms with Gasteiger partial charge in [-0.3, -0.25) is 4.79 Å². The van der Waals surface area contributed by atoms with Gasteiger partial charge >= 0.3 is 0 Å². The van der Waals surface area contributed by atoms with Crippen molar-refractivity contribution in [1.29, 1.82) is 0 Å². The first-order chi connectivity index (χ1) is 9.61. The van der Waals surface area contributed by atoms with Crippen LogP contribution in [0.4, 0.5) is 5.69 Å².